The van der Waals surface area contributed by atoms with Crippen molar-refractivity contribution >= 4 is 12.4 Å². The molecular weight excluding hydrogens is 182 g/mol. The lowest BCUT2D eigenvalue weighted by Crippen LogP contribution is -2.35. The van der Waals surface area contributed by atoms with E-state index in [1.54, 1.807) is 0 Å². The van der Waals surface area contributed by atoms with E-state index in [2.05, 4.69) is 0 Å². The van der Waals surface area contributed by atoms with Gasteiger partial charge < -0.3 is 5.73 Å². The second-order valence-corrected chi connectivity index (χ2v) is 4.67. The summed E-state index contributed by atoms with van der Waals surface area (Å²) in [5.74, 6) is 1.76. The van der Waals surface area contributed by atoms with Crippen LogP contribution in [0.25, 0.3) is 0 Å². The van der Waals surface area contributed by atoms with Crippen LogP contribution in [0.1, 0.15) is 51.4 Å². The first-order valence-corrected chi connectivity index (χ1v) is 5.63. The van der Waals surface area contributed by atoms with Crippen LogP contribution in [-0.2, 0) is 0 Å². The molecule has 0 aromatic heterocycles. The van der Waals surface area contributed by atoms with Crippen LogP contribution in [0.15, 0.2) is 0 Å². The molecule has 0 aromatic carbocycles. The molecule has 0 heterocycles. The van der Waals surface area contributed by atoms with Crippen molar-refractivity contribution in [3.8, 4) is 0 Å². The van der Waals surface area contributed by atoms with Gasteiger partial charge in [0.25, 0.3) is 0 Å². The Labute approximate surface area is 87.9 Å². The normalized spacial score (nSPS) is 25.4. The van der Waals surface area contributed by atoms with Crippen molar-refractivity contribution in [1.82, 2.24) is 0 Å². The van der Waals surface area contributed by atoms with E-state index in [4.69, 9.17) is 5.73 Å². The molecule has 0 unspecified atom stereocenters. The molecule has 78 valence electrons. The molecule has 2 fully saturated rings. The molecule has 2 heteroatoms. The number of rotatable bonds is 2. The molecule has 1 nitrogen and oxygen atoms in total. The highest BCUT2D eigenvalue weighted by Crippen LogP contribution is 2.35. The lowest BCUT2D eigenvalue weighted by molar-refractivity contribution is 0.316. The molecule has 2 aliphatic carbocycles. The van der Waals surface area contributed by atoms with E-state index < -0.39 is 0 Å². The summed E-state index contributed by atoms with van der Waals surface area (Å²) in [7, 11) is 0. The molecule has 13 heavy (non-hydrogen) atoms. The first-order chi connectivity index (χ1) is 5.88. The summed E-state index contributed by atoms with van der Waals surface area (Å²) in [6.07, 6.45) is 11.4. The Kier molecular flexibility index (Phi) is 4.54. The molecule has 0 aromatic rings. The molecule has 0 aliphatic heterocycles. The van der Waals surface area contributed by atoms with E-state index in [1.807, 2.05) is 0 Å². The van der Waals surface area contributed by atoms with Gasteiger partial charge in [0.05, 0.1) is 0 Å². The van der Waals surface area contributed by atoms with E-state index in [0.717, 1.165) is 11.8 Å². The minimum absolute atomic E-state index is 0. The summed E-state index contributed by atoms with van der Waals surface area (Å²) in [4.78, 5) is 0. The van der Waals surface area contributed by atoms with E-state index in [-0.39, 0.29) is 12.4 Å². The highest BCUT2D eigenvalue weighted by atomic mass is 35.5. The molecule has 2 rings (SSSR count). The van der Waals surface area contributed by atoms with Crippen molar-refractivity contribution in [3.63, 3.8) is 0 Å². The van der Waals surface area contributed by atoms with Gasteiger partial charge in [0, 0.05) is 6.04 Å². The second kappa shape index (κ2) is 5.21. The van der Waals surface area contributed by atoms with Crippen molar-refractivity contribution in [2.45, 2.75) is 57.4 Å². The molecule has 0 atom stereocenters. The topological polar surface area (TPSA) is 26.0 Å². The van der Waals surface area contributed by atoms with Gasteiger partial charge in [0.15, 0.2) is 0 Å². The van der Waals surface area contributed by atoms with Gasteiger partial charge in [-0.2, -0.15) is 0 Å². The van der Waals surface area contributed by atoms with E-state index >= 15 is 0 Å². The van der Waals surface area contributed by atoms with E-state index in [0.29, 0.717) is 6.04 Å². The van der Waals surface area contributed by atoms with Crippen molar-refractivity contribution in [2.24, 2.45) is 17.6 Å². The first kappa shape index (κ1) is 11.3. The van der Waals surface area contributed by atoms with Crippen LogP contribution >= 0.6 is 12.4 Å². The Bertz CT molecular complexity index is 121. The molecule has 2 aliphatic rings. The fourth-order valence-corrected chi connectivity index (χ4v) is 3.07. The Balaban J connectivity index is 0.000000845. The molecule has 0 spiro atoms. The van der Waals surface area contributed by atoms with Gasteiger partial charge in [0.1, 0.15) is 0 Å². The summed E-state index contributed by atoms with van der Waals surface area (Å²) in [6.45, 7) is 0. The zero-order chi connectivity index (χ0) is 8.39. The largest absolute Gasteiger partial charge is 0.327 e. The predicted molar refractivity (Wildman–Crippen MR) is 59.1 cm³/mol. The highest BCUT2D eigenvalue weighted by Gasteiger charge is 2.29. The van der Waals surface area contributed by atoms with Gasteiger partial charge >= 0.3 is 0 Å². The molecule has 0 bridgehead atoms. The van der Waals surface area contributed by atoms with E-state index in [9.17, 15) is 0 Å². The maximum Gasteiger partial charge on any atom is 0.00956 e. The lowest BCUT2D eigenvalue weighted by Gasteiger charge is -2.24. The summed E-state index contributed by atoms with van der Waals surface area (Å²) in [6, 6.07) is 0.551. The first-order valence-electron chi connectivity index (χ1n) is 5.63. The highest BCUT2D eigenvalue weighted by molar-refractivity contribution is 5.85. The summed E-state index contributed by atoms with van der Waals surface area (Å²) >= 11 is 0. The minimum atomic E-state index is 0. The number of hydrogen-bond donors (Lipinski definition) is 1. The van der Waals surface area contributed by atoms with Crippen molar-refractivity contribution in [3.05, 3.63) is 0 Å². The number of halogens is 1. The summed E-state index contributed by atoms with van der Waals surface area (Å²) in [5.41, 5.74) is 6.28. The fraction of sp³-hybridized carbons (Fsp3) is 1.00. The van der Waals surface area contributed by atoms with E-state index in [1.165, 1.54) is 51.4 Å². The monoisotopic (exact) mass is 203 g/mol. The molecule has 0 radical (unpaired) electrons. The summed E-state index contributed by atoms with van der Waals surface area (Å²) < 4.78 is 0. The average molecular weight is 204 g/mol. The average Bonchev–Trinajstić information content (AvgIpc) is 2.77. The Morgan fingerprint density at radius 1 is 0.769 bits per heavy atom. The molecule has 2 saturated carbocycles. The Morgan fingerprint density at radius 2 is 1.08 bits per heavy atom. The lowest BCUT2D eigenvalue weighted by atomic mass is 9.87. The van der Waals surface area contributed by atoms with Crippen LogP contribution in [-0.4, -0.2) is 6.04 Å². The quantitative estimate of drug-likeness (QED) is 0.734. The van der Waals surface area contributed by atoms with Crippen LogP contribution in [0.3, 0.4) is 0 Å². The van der Waals surface area contributed by atoms with Crippen molar-refractivity contribution in [2.75, 3.05) is 0 Å². The van der Waals surface area contributed by atoms with Crippen LogP contribution in [0, 0.1) is 11.8 Å². The van der Waals surface area contributed by atoms with Crippen LogP contribution in [0.5, 0.6) is 0 Å². The third kappa shape index (κ3) is 2.60. The fourth-order valence-electron chi connectivity index (χ4n) is 3.07. The Hall–Kier alpha value is 0.250. The zero-order valence-corrected chi connectivity index (χ0v) is 9.19. The molecular formula is C11H22ClN. The standard InChI is InChI=1S/C11H21N.ClH/c12-11(9-5-1-2-6-9)10-7-3-4-8-10;/h9-11H,1-8,12H2;1H. The Morgan fingerprint density at radius 3 is 1.38 bits per heavy atom. The smallest absolute Gasteiger partial charge is 0.00956 e. The van der Waals surface area contributed by atoms with Gasteiger partial charge in [-0.1, -0.05) is 25.7 Å². The summed E-state index contributed by atoms with van der Waals surface area (Å²) in [5, 5.41) is 0. The molecule has 0 saturated heterocycles. The third-order valence-corrected chi connectivity index (χ3v) is 3.89. The second-order valence-electron chi connectivity index (χ2n) is 4.67. The van der Waals surface area contributed by atoms with Crippen molar-refractivity contribution < 1.29 is 0 Å². The third-order valence-electron chi connectivity index (χ3n) is 3.89. The number of hydrogen-bond acceptors (Lipinski definition) is 1. The minimum Gasteiger partial charge on any atom is -0.327 e. The SMILES string of the molecule is Cl.NC(C1CCCC1)C1CCCC1. The predicted octanol–water partition coefficient (Wildman–Crippen LogP) is 3.12. The van der Waals surface area contributed by atoms with Gasteiger partial charge in [-0.3, -0.25) is 0 Å². The van der Waals surface area contributed by atoms with Crippen LogP contribution in [0.2, 0.25) is 0 Å². The van der Waals surface area contributed by atoms with Gasteiger partial charge in [-0.25, -0.2) is 0 Å². The maximum absolute atomic E-state index is 6.28. The zero-order valence-electron chi connectivity index (χ0n) is 8.37. The maximum atomic E-state index is 6.28. The van der Waals surface area contributed by atoms with Gasteiger partial charge in [-0.05, 0) is 37.5 Å². The van der Waals surface area contributed by atoms with Gasteiger partial charge in [0.2, 0.25) is 0 Å². The van der Waals surface area contributed by atoms with Crippen LogP contribution in [0.4, 0.5) is 0 Å². The molecule has 0 amide bonds. The van der Waals surface area contributed by atoms with Crippen molar-refractivity contribution in [1.29, 1.82) is 0 Å². The number of nitrogens with two attached hydrogens (primary N) is 1. The van der Waals surface area contributed by atoms with Gasteiger partial charge in [-0.15, -0.1) is 12.4 Å². The van der Waals surface area contributed by atoms with Crippen LogP contribution < -0.4 is 5.73 Å². The molecule has 2 N–H and O–H groups in total.